The average molecular weight is 276 g/mol. The van der Waals surface area contributed by atoms with Crippen LogP contribution in [0, 0.1) is 5.92 Å². The van der Waals surface area contributed by atoms with Gasteiger partial charge in [-0.3, -0.25) is 0 Å². The maximum Gasteiger partial charge on any atom is -0.0219 e. The van der Waals surface area contributed by atoms with Crippen molar-refractivity contribution in [1.29, 1.82) is 0 Å². The molecule has 0 saturated carbocycles. The second-order valence-corrected chi connectivity index (χ2v) is 5.60. The predicted octanol–water partition coefficient (Wildman–Crippen LogP) is 6.22. The van der Waals surface area contributed by atoms with E-state index < -0.39 is 0 Å². The van der Waals surface area contributed by atoms with Crippen LogP contribution in [0.5, 0.6) is 0 Å². The van der Waals surface area contributed by atoms with Crippen LogP contribution < -0.4 is 0 Å². The highest BCUT2D eigenvalue weighted by atomic mass is 14.1. The van der Waals surface area contributed by atoms with Crippen LogP contribution in [0.2, 0.25) is 0 Å². The molecule has 0 fully saturated rings. The molecule has 2 rings (SSSR count). The SMILES string of the molecule is CCC(=CC(=Cc1ccccc1)C(C)C)c1ccccc1. The van der Waals surface area contributed by atoms with E-state index in [2.05, 4.69) is 93.6 Å². The van der Waals surface area contributed by atoms with Crippen molar-refractivity contribution in [3.8, 4) is 0 Å². The van der Waals surface area contributed by atoms with Gasteiger partial charge in [0.1, 0.15) is 0 Å². The summed E-state index contributed by atoms with van der Waals surface area (Å²) in [6.07, 6.45) is 5.69. The maximum absolute atomic E-state index is 2.35. The molecule has 0 aliphatic rings. The third-order valence-electron chi connectivity index (χ3n) is 3.67. The minimum absolute atomic E-state index is 0.510. The van der Waals surface area contributed by atoms with Crippen LogP contribution >= 0.6 is 0 Å². The van der Waals surface area contributed by atoms with E-state index in [4.69, 9.17) is 0 Å². The first-order valence-electron chi connectivity index (χ1n) is 7.73. The summed E-state index contributed by atoms with van der Waals surface area (Å²) in [5.74, 6) is 0.510. The largest absolute Gasteiger partial charge is 0.0622 e. The maximum atomic E-state index is 2.35. The molecule has 21 heavy (non-hydrogen) atoms. The Bertz CT molecular complexity index is 601. The zero-order valence-electron chi connectivity index (χ0n) is 13.2. The van der Waals surface area contributed by atoms with Crippen LogP contribution in [0.3, 0.4) is 0 Å². The third kappa shape index (κ3) is 4.46. The van der Waals surface area contributed by atoms with Gasteiger partial charge in [0.25, 0.3) is 0 Å². The van der Waals surface area contributed by atoms with Crippen molar-refractivity contribution in [2.24, 2.45) is 5.92 Å². The highest BCUT2D eigenvalue weighted by Gasteiger charge is 2.04. The van der Waals surface area contributed by atoms with Crippen molar-refractivity contribution in [3.63, 3.8) is 0 Å². The molecular weight excluding hydrogens is 252 g/mol. The fourth-order valence-electron chi connectivity index (χ4n) is 2.36. The Kier molecular flexibility index (Phi) is 5.57. The fraction of sp³-hybridized carbons (Fsp3) is 0.238. The Balaban J connectivity index is 2.39. The fourth-order valence-corrected chi connectivity index (χ4v) is 2.36. The molecule has 0 aromatic heterocycles. The van der Waals surface area contributed by atoms with E-state index in [1.54, 1.807) is 0 Å². The lowest BCUT2D eigenvalue weighted by Crippen LogP contribution is -1.93. The standard InChI is InChI=1S/C21H24/c1-4-19(20-13-9-6-10-14-20)16-21(17(2)3)15-18-11-7-5-8-12-18/h5-17H,4H2,1-3H3. The Labute approximate surface area is 128 Å². The molecule has 2 aromatic carbocycles. The summed E-state index contributed by atoms with van der Waals surface area (Å²) in [5.41, 5.74) is 5.36. The molecule has 0 aliphatic heterocycles. The van der Waals surface area contributed by atoms with Gasteiger partial charge in [-0.15, -0.1) is 0 Å². The zero-order chi connectivity index (χ0) is 15.1. The molecule has 0 spiro atoms. The molecule has 0 unspecified atom stereocenters. The summed E-state index contributed by atoms with van der Waals surface area (Å²) in [6, 6.07) is 21.2. The normalized spacial score (nSPS) is 12.8. The van der Waals surface area contributed by atoms with Crippen LogP contribution in [-0.2, 0) is 0 Å². The Hall–Kier alpha value is -2.08. The van der Waals surface area contributed by atoms with Crippen molar-refractivity contribution in [2.75, 3.05) is 0 Å². The minimum Gasteiger partial charge on any atom is -0.0622 e. The molecule has 0 heteroatoms. The molecule has 0 atom stereocenters. The number of allylic oxidation sites excluding steroid dienone is 3. The van der Waals surface area contributed by atoms with E-state index in [0.29, 0.717) is 5.92 Å². The first kappa shape index (κ1) is 15.3. The van der Waals surface area contributed by atoms with Gasteiger partial charge in [0.15, 0.2) is 0 Å². The molecule has 0 amide bonds. The lowest BCUT2D eigenvalue weighted by Gasteiger charge is -2.11. The second kappa shape index (κ2) is 7.64. The number of benzene rings is 2. The Morgan fingerprint density at radius 2 is 1.48 bits per heavy atom. The summed E-state index contributed by atoms with van der Waals surface area (Å²) in [7, 11) is 0. The number of rotatable bonds is 5. The van der Waals surface area contributed by atoms with Gasteiger partial charge in [0.2, 0.25) is 0 Å². The van der Waals surface area contributed by atoms with E-state index in [1.165, 1.54) is 22.3 Å². The summed E-state index contributed by atoms with van der Waals surface area (Å²) < 4.78 is 0. The van der Waals surface area contributed by atoms with Gasteiger partial charge < -0.3 is 0 Å². The van der Waals surface area contributed by atoms with Gasteiger partial charge in [-0.1, -0.05) is 93.6 Å². The summed E-state index contributed by atoms with van der Waals surface area (Å²) in [4.78, 5) is 0. The molecule has 0 radical (unpaired) electrons. The highest BCUT2D eigenvalue weighted by Crippen LogP contribution is 2.24. The zero-order valence-corrected chi connectivity index (χ0v) is 13.2. The van der Waals surface area contributed by atoms with Crippen LogP contribution in [-0.4, -0.2) is 0 Å². The van der Waals surface area contributed by atoms with Gasteiger partial charge in [-0.05, 0) is 34.6 Å². The van der Waals surface area contributed by atoms with Crippen LogP contribution in [0.1, 0.15) is 38.3 Å². The van der Waals surface area contributed by atoms with E-state index in [9.17, 15) is 0 Å². The lowest BCUT2D eigenvalue weighted by molar-refractivity contribution is 0.797. The predicted molar refractivity (Wildman–Crippen MR) is 94.0 cm³/mol. The quantitative estimate of drug-likeness (QED) is 0.569. The van der Waals surface area contributed by atoms with Crippen molar-refractivity contribution in [1.82, 2.24) is 0 Å². The lowest BCUT2D eigenvalue weighted by atomic mass is 9.94. The topological polar surface area (TPSA) is 0 Å². The molecule has 108 valence electrons. The van der Waals surface area contributed by atoms with Crippen molar-refractivity contribution in [2.45, 2.75) is 27.2 Å². The summed E-state index contributed by atoms with van der Waals surface area (Å²) >= 11 is 0. The van der Waals surface area contributed by atoms with E-state index >= 15 is 0 Å². The van der Waals surface area contributed by atoms with Gasteiger partial charge in [-0.25, -0.2) is 0 Å². The van der Waals surface area contributed by atoms with Gasteiger partial charge in [-0.2, -0.15) is 0 Å². The second-order valence-electron chi connectivity index (χ2n) is 5.60. The number of hydrogen-bond donors (Lipinski definition) is 0. The van der Waals surface area contributed by atoms with Gasteiger partial charge in [0.05, 0.1) is 0 Å². The molecular formula is C21H24. The van der Waals surface area contributed by atoms with E-state index in [0.717, 1.165) is 6.42 Å². The molecule has 0 nitrogen and oxygen atoms in total. The van der Waals surface area contributed by atoms with E-state index in [-0.39, 0.29) is 0 Å². The molecule has 0 N–H and O–H groups in total. The molecule has 0 aliphatic carbocycles. The smallest absolute Gasteiger partial charge is 0.0219 e. The Morgan fingerprint density at radius 1 is 0.905 bits per heavy atom. The molecule has 0 saturated heterocycles. The highest BCUT2D eigenvalue weighted by molar-refractivity contribution is 5.71. The first-order valence-corrected chi connectivity index (χ1v) is 7.73. The minimum atomic E-state index is 0.510. The van der Waals surface area contributed by atoms with Crippen LogP contribution in [0.4, 0.5) is 0 Å². The van der Waals surface area contributed by atoms with Gasteiger partial charge >= 0.3 is 0 Å². The first-order chi connectivity index (χ1) is 10.2. The van der Waals surface area contributed by atoms with Crippen molar-refractivity contribution >= 4 is 11.6 Å². The summed E-state index contributed by atoms with van der Waals surface area (Å²) in [5, 5.41) is 0. The van der Waals surface area contributed by atoms with E-state index in [1.807, 2.05) is 0 Å². The van der Waals surface area contributed by atoms with Crippen molar-refractivity contribution in [3.05, 3.63) is 83.4 Å². The van der Waals surface area contributed by atoms with Crippen LogP contribution in [0.25, 0.3) is 11.6 Å². The monoisotopic (exact) mass is 276 g/mol. The third-order valence-corrected chi connectivity index (χ3v) is 3.67. The van der Waals surface area contributed by atoms with Gasteiger partial charge in [0, 0.05) is 0 Å². The molecule has 2 aromatic rings. The molecule has 0 heterocycles. The molecule has 0 bridgehead atoms. The number of hydrogen-bond acceptors (Lipinski definition) is 0. The van der Waals surface area contributed by atoms with Crippen molar-refractivity contribution < 1.29 is 0 Å². The summed E-state index contributed by atoms with van der Waals surface area (Å²) in [6.45, 7) is 6.73. The average Bonchev–Trinajstić information content (AvgIpc) is 2.53. The Morgan fingerprint density at radius 3 is 2.00 bits per heavy atom. The van der Waals surface area contributed by atoms with Crippen LogP contribution in [0.15, 0.2) is 72.3 Å².